The second-order valence-electron chi connectivity index (χ2n) is 5.90. The average molecular weight is 379 g/mol. The number of amides is 1. The predicted molar refractivity (Wildman–Crippen MR) is 109 cm³/mol. The van der Waals surface area contributed by atoms with E-state index in [-0.39, 0.29) is 5.91 Å². The van der Waals surface area contributed by atoms with Crippen molar-refractivity contribution in [1.29, 1.82) is 0 Å². The molecule has 0 radical (unpaired) electrons. The maximum absolute atomic E-state index is 12.6. The molecule has 128 valence electrons. The number of aromatic nitrogens is 1. The van der Waals surface area contributed by atoms with Gasteiger partial charge in [0.25, 0.3) is 5.91 Å². The van der Waals surface area contributed by atoms with Crippen LogP contribution >= 0.6 is 22.9 Å². The third-order valence-corrected chi connectivity index (χ3v) is 5.43. The van der Waals surface area contributed by atoms with Crippen molar-refractivity contribution in [3.8, 4) is 11.1 Å². The molecule has 0 spiro atoms. The number of hydrogen-bond donors (Lipinski definition) is 1. The van der Waals surface area contributed by atoms with Crippen LogP contribution in [0.4, 0.5) is 5.69 Å². The van der Waals surface area contributed by atoms with E-state index in [0.717, 1.165) is 26.4 Å². The summed E-state index contributed by atoms with van der Waals surface area (Å²) in [4.78, 5) is 17.0. The van der Waals surface area contributed by atoms with Gasteiger partial charge in [0.05, 0.1) is 20.4 Å². The lowest BCUT2D eigenvalue weighted by Gasteiger charge is -2.08. The van der Waals surface area contributed by atoms with Gasteiger partial charge in [0.15, 0.2) is 0 Å². The first kappa shape index (κ1) is 16.8. The van der Waals surface area contributed by atoms with Crippen LogP contribution in [0.1, 0.15) is 15.4 Å². The number of hydrogen-bond acceptors (Lipinski definition) is 3. The van der Waals surface area contributed by atoms with Crippen LogP contribution < -0.4 is 5.32 Å². The van der Waals surface area contributed by atoms with Gasteiger partial charge in [0.2, 0.25) is 0 Å². The highest BCUT2D eigenvalue weighted by atomic mass is 35.5. The van der Waals surface area contributed by atoms with E-state index in [4.69, 9.17) is 11.6 Å². The number of anilines is 1. The molecule has 0 aliphatic heterocycles. The molecule has 0 aliphatic rings. The fourth-order valence-corrected chi connectivity index (χ4v) is 3.95. The Morgan fingerprint density at radius 2 is 1.65 bits per heavy atom. The molecule has 5 heteroatoms. The molecule has 4 rings (SSSR count). The summed E-state index contributed by atoms with van der Waals surface area (Å²) in [6.45, 7) is 1.94. The fraction of sp³-hybridized carbons (Fsp3) is 0.0476. The molecule has 1 N–H and O–H groups in total. The normalized spacial score (nSPS) is 10.8. The van der Waals surface area contributed by atoms with Crippen molar-refractivity contribution in [3.63, 3.8) is 0 Å². The minimum atomic E-state index is -0.196. The molecule has 4 aromatic rings. The number of carbonyl (C=O) groups excluding carboxylic acids is 1. The average Bonchev–Trinajstić information content (AvgIpc) is 3.06. The number of nitrogens with zero attached hydrogens (tertiary/aromatic N) is 1. The lowest BCUT2D eigenvalue weighted by molar-refractivity contribution is 0.102. The minimum Gasteiger partial charge on any atom is -0.321 e. The van der Waals surface area contributed by atoms with Crippen LogP contribution in [-0.2, 0) is 0 Å². The summed E-state index contributed by atoms with van der Waals surface area (Å²) in [7, 11) is 0. The minimum absolute atomic E-state index is 0.196. The number of rotatable bonds is 3. The van der Waals surface area contributed by atoms with E-state index < -0.39 is 0 Å². The van der Waals surface area contributed by atoms with E-state index in [1.54, 1.807) is 11.3 Å². The fourth-order valence-electron chi connectivity index (χ4n) is 2.81. The topological polar surface area (TPSA) is 42.0 Å². The molecule has 1 amide bonds. The molecule has 0 saturated carbocycles. The van der Waals surface area contributed by atoms with Crippen LogP contribution in [0.2, 0.25) is 5.02 Å². The largest absolute Gasteiger partial charge is 0.321 e. The molecule has 0 aliphatic carbocycles. The Labute approximate surface area is 160 Å². The van der Waals surface area contributed by atoms with Gasteiger partial charge in [-0.2, -0.15) is 0 Å². The summed E-state index contributed by atoms with van der Waals surface area (Å²) < 4.78 is 1.01. The van der Waals surface area contributed by atoms with Crippen LogP contribution in [0.5, 0.6) is 0 Å². The SMILES string of the molecule is Cc1nc2c(Cl)c(NC(=O)c3ccc(-c4ccccc4)cc3)ccc2s1. The van der Waals surface area contributed by atoms with Crippen molar-refractivity contribution in [3.05, 3.63) is 82.3 Å². The second kappa shape index (κ2) is 6.90. The van der Waals surface area contributed by atoms with Crippen molar-refractivity contribution in [1.82, 2.24) is 4.98 Å². The summed E-state index contributed by atoms with van der Waals surface area (Å²) in [5.41, 5.74) is 4.06. The van der Waals surface area contributed by atoms with Gasteiger partial charge in [-0.15, -0.1) is 11.3 Å². The van der Waals surface area contributed by atoms with Crippen LogP contribution in [0, 0.1) is 6.92 Å². The number of aryl methyl sites for hydroxylation is 1. The first-order chi connectivity index (χ1) is 12.6. The summed E-state index contributed by atoms with van der Waals surface area (Å²) in [6, 6.07) is 21.3. The van der Waals surface area contributed by atoms with Crippen LogP contribution in [0.3, 0.4) is 0 Å². The van der Waals surface area contributed by atoms with Crippen molar-refractivity contribution in [2.75, 3.05) is 5.32 Å². The van der Waals surface area contributed by atoms with E-state index in [1.165, 1.54) is 0 Å². The molecular weight excluding hydrogens is 364 g/mol. The predicted octanol–water partition coefficient (Wildman–Crippen LogP) is 6.18. The Hall–Kier alpha value is -2.69. The summed E-state index contributed by atoms with van der Waals surface area (Å²) in [5, 5.41) is 4.30. The molecule has 3 aromatic carbocycles. The van der Waals surface area contributed by atoms with Gasteiger partial charge in [-0.1, -0.05) is 54.1 Å². The lowest BCUT2D eigenvalue weighted by Crippen LogP contribution is -2.12. The number of carbonyl (C=O) groups is 1. The highest BCUT2D eigenvalue weighted by molar-refractivity contribution is 7.18. The summed E-state index contributed by atoms with van der Waals surface area (Å²) in [6.07, 6.45) is 0. The molecule has 3 nitrogen and oxygen atoms in total. The number of thiazole rings is 1. The Morgan fingerprint density at radius 3 is 2.38 bits per heavy atom. The molecule has 26 heavy (non-hydrogen) atoms. The molecule has 0 bridgehead atoms. The Balaban J connectivity index is 1.58. The van der Waals surface area contributed by atoms with Crippen molar-refractivity contribution < 1.29 is 4.79 Å². The number of fused-ring (bicyclic) bond motifs is 1. The van der Waals surface area contributed by atoms with Gasteiger partial charge < -0.3 is 5.32 Å². The van der Waals surface area contributed by atoms with Crippen molar-refractivity contribution >= 4 is 44.7 Å². The van der Waals surface area contributed by atoms with E-state index >= 15 is 0 Å². The Kier molecular flexibility index (Phi) is 4.45. The zero-order chi connectivity index (χ0) is 18.1. The van der Waals surface area contributed by atoms with E-state index in [1.807, 2.05) is 73.7 Å². The highest BCUT2D eigenvalue weighted by Crippen LogP contribution is 2.33. The quantitative estimate of drug-likeness (QED) is 0.462. The van der Waals surface area contributed by atoms with Gasteiger partial charge in [-0.3, -0.25) is 4.79 Å². The van der Waals surface area contributed by atoms with Gasteiger partial charge in [0.1, 0.15) is 5.52 Å². The smallest absolute Gasteiger partial charge is 0.255 e. The Morgan fingerprint density at radius 1 is 0.962 bits per heavy atom. The number of halogens is 1. The zero-order valence-corrected chi connectivity index (χ0v) is 15.6. The molecule has 0 fully saturated rings. The van der Waals surface area contributed by atoms with E-state index in [0.29, 0.717) is 16.3 Å². The molecular formula is C21H15ClN2OS. The molecule has 1 heterocycles. The van der Waals surface area contributed by atoms with Gasteiger partial charge in [-0.05, 0) is 42.3 Å². The summed E-state index contributed by atoms with van der Waals surface area (Å²) >= 11 is 8.00. The summed E-state index contributed by atoms with van der Waals surface area (Å²) in [5.74, 6) is -0.196. The maximum atomic E-state index is 12.6. The first-order valence-corrected chi connectivity index (χ1v) is 9.34. The van der Waals surface area contributed by atoms with Crippen molar-refractivity contribution in [2.24, 2.45) is 0 Å². The highest BCUT2D eigenvalue weighted by Gasteiger charge is 2.13. The molecule has 0 saturated heterocycles. The third kappa shape index (κ3) is 3.21. The monoisotopic (exact) mass is 378 g/mol. The molecule has 1 aromatic heterocycles. The third-order valence-electron chi connectivity index (χ3n) is 4.11. The maximum Gasteiger partial charge on any atom is 0.255 e. The lowest BCUT2D eigenvalue weighted by atomic mass is 10.0. The number of benzene rings is 3. The van der Waals surface area contributed by atoms with E-state index in [9.17, 15) is 4.79 Å². The van der Waals surface area contributed by atoms with Gasteiger partial charge in [-0.25, -0.2) is 4.98 Å². The van der Waals surface area contributed by atoms with Gasteiger partial charge in [0, 0.05) is 5.56 Å². The van der Waals surface area contributed by atoms with Crippen LogP contribution in [0.25, 0.3) is 21.3 Å². The Bertz CT molecular complexity index is 1090. The number of nitrogens with one attached hydrogen (secondary N) is 1. The molecule has 0 atom stereocenters. The van der Waals surface area contributed by atoms with Crippen LogP contribution in [0.15, 0.2) is 66.7 Å². The van der Waals surface area contributed by atoms with Crippen molar-refractivity contribution in [2.45, 2.75) is 6.92 Å². The van der Waals surface area contributed by atoms with Crippen LogP contribution in [-0.4, -0.2) is 10.9 Å². The first-order valence-electron chi connectivity index (χ1n) is 8.14. The zero-order valence-electron chi connectivity index (χ0n) is 14.0. The van der Waals surface area contributed by atoms with Gasteiger partial charge >= 0.3 is 0 Å². The van der Waals surface area contributed by atoms with E-state index in [2.05, 4.69) is 10.3 Å². The standard InChI is InChI=1S/C21H15ClN2OS/c1-13-23-20-18(26-13)12-11-17(19(20)22)24-21(25)16-9-7-15(8-10-16)14-5-3-2-4-6-14/h2-12H,1H3,(H,24,25). The second-order valence-corrected chi connectivity index (χ2v) is 7.52. The molecule has 0 unspecified atom stereocenters.